The molecule has 0 heterocycles. The van der Waals surface area contributed by atoms with Gasteiger partial charge in [0.2, 0.25) is 0 Å². The smallest absolute Gasteiger partial charge is 0.481 e. The fraction of sp³-hybridized carbons (Fsp3) is 0.500. The van der Waals surface area contributed by atoms with Crippen LogP contribution in [0.2, 0.25) is 0 Å². The number of carboxylic acids is 4. The van der Waals surface area contributed by atoms with Gasteiger partial charge in [0, 0.05) is 0 Å². The van der Waals surface area contributed by atoms with Crippen molar-refractivity contribution in [2.75, 3.05) is 0 Å². The van der Waals surface area contributed by atoms with E-state index in [-0.39, 0.29) is 59.1 Å². The van der Waals surface area contributed by atoms with Crippen LogP contribution in [0.3, 0.4) is 0 Å². The Balaban J connectivity index is -0.00000128. The van der Waals surface area contributed by atoms with E-state index >= 15 is 0 Å². The SMILES string of the molecule is O=C(O)CC(CC(=O)O)(C(=O)O)C(O)C(=O)O.[Na+].[Na+]. The molecule has 0 aliphatic carbocycles. The molecule has 0 bridgehead atoms. The number of hydrogen-bond acceptors (Lipinski definition) is 5. The first-order valence-corrected chi connectivity index (χ1v) is 4.21. The predicted molar refractivity (Wildman–Crippen MR) is 48.2 cm³/mol. The van der Waals surface area contributed by atoms with Crippen LogP contribution in [0.5, 0.6) is 0 Å². The van der Waals surface area contributed by atoms with Gasteiger partial charge >= 0.3 is 83.0 Å². The van der Waals surface area contributed by atoms with Gasteiger partial charge in [-0.05, 0) is 0 Å². The van der Waals surface area contributed by atoms with Gasteiger partial charge in [-0.3, -0.25) is 14.4 Å². The molecule has 0 saturated heterocycles. The summed E-state index contributed by atoms with van der Waals surface area (Å²) >= 11 is 0. The van der Waals surface area contributed by atoms with Crippen molar-refractivity contribution in [1.82, 2.24) is 0 Å². The average molecular weight is 296 g/mol. The zero-order valence-corrected chi connectivity index (χ0v) is 14.4. The maximum atomic E-state index is 10.9. The third kappa shape index (κ3) is 6.70. The number of aliphatic hydroxyl groups excluding tert-OH is 1. The van der Waals surface area contributed by atoms with Crippen LogP contribution in [-0.4, -0.2) is 55.5 Å². The van der Waals surface area contributed by atoms with Crippen molar-refractivity contribution in [2.24, 2.45) is 5.41 Å². The summed E-state index contributed by atoms with van der Waals surface area (Å²) in [6.45, 7) is 0. The largest absolute Gasteiger partial charge is 1.00 e. The maximum Gasteiger partial charge on any atom is 1.00 e. The van der Waals surface area contributed by atoms with E-state index in [1.165, 1.54) is 0 Å². The van der Waals surface area contributed by atoms with Crippen molar-refractivity contribution in [3.63, 3.8) is 0 Å². The molecule has 0 saturated carbocycles. The molecule has 96 valence electrons. The van der Waals surface area contributed by atoms with Crippen molar-refractivity contribution in [2.45, 2.75) is 18.9 Å². The molecular weight excluding hydrogens is 286 g/mol. The Morgan fingerprint density at radius 1 is 0.842 bits per heavy atom. The summed E-state index contributed by atoms with van der Waals surface area (Å²) in [7, 11) is 0. The second kappa shape index (κ2) is 9.70. The Hall–Kier alpha value is -0.160. The molecule has 0 fully saturated rings. The number of rotatable bonds is 7. The number of carboxylic acid groups (broad SMARTS) is 4. The van der Waals surface area contributed by atoms with Gasteiger partial charge in [-0.2, -0.15) is 0 Å². The monoisotopic (exact) mass is 296 g/mol. The predicted octanol–water partition coefficient (Wildman–Crippen LogP) is -7.54. The molecule has 0 rings (SSSR count). The van der Waals surface area contributed by atoms with Gasteiger partial charge in [0.1, 0.15) is 5.41 Å². The van der Waals surface area contributed by atoms with Crippen molar-refractivity contribution in [3.05, 3.63) is 0 Å². The molecule has 1 unspecified atom stereocenters. The minimum absolute atomic E-state index is 0. The Kier molecular flexibility index (Phi) is 12.2. The van der Waals surface area contributed by atoms with E-state index in [1.807, 2.05) is 0 Å². The first kappa shape index (κ1) is 23.9. The van der Waals surface area contributed by atoms with Crippen LogP contribution < -0.4 is 59.1 Å². The van der Waals surface area contributed by atoms with Gasteiger partial charge in [-0.15, -0.1) is 0 Å². The van der Waals surface area contributed by atoms with Crippen LogP contribution >= 0.6 is 0 Å². The minimum atomic E-state index is -2.80. The molecule has 0 aromatic carbocycles. The second-order valence-corrected chi connectivity index (χ2v) is 3.34. The number of aliphatic carboxylic acids is 4. The zero-order valence-electron chi connectivity index (χ0n) is 10.4. The molecule has 9 nitrogen and oxygen atoms in total. The Labute approximate surface area is 151 Å². The van der Waals surface area contributed by atoms with Crippen molar-refractivity contribution in [1.29, 1.82) is 0 Å². The van der Waals surface area contributed by atoms with E-state index in [0.29, 0.717) is 0 Å². The van der Waals surface area contributed by atoms with Gasteiger partial charge in [0.25, 0.3) is 0 Å². The van der Waals surface area contributed by atoms with Crippen LogP contribution in [0.15, 0.2) is 0 Å². The van der Waals surface area contributed by atoms with Crippen molar-refractivity contribution >= 4 is 23.9 Å². The Morgan fingerprint density at radius 2 is 1.16 bits per heavy atom. The third-order valence-electron chi connectivity index (χ3n) is 2.12. The average Bonchev–Trinajstić information content (AvgIpc) is 2.13. The summed E-state index contributed by atoms with van der Waals surface area (Å²) in [6.07, 6.45) is -5.27. The molecule has 11 heteroatoms. The molecule has 0 amide bonds. The van der Waals surface area contributed by atoms with E-state index in [2.05, 4.69) is 0 Å². The molecule has 0 aliphatic rings. The quantitative estimate of drug-likeness (QED) is 0.286. The zero-order chi connectivity index (χ0) is 13.8. The Bertz CT molecular complexity index is 351. The maximum absolute atomic E-state index is 10.9. The fourth-order valence-electron chi connectivity index (χ4n) is 1.30. The summed E-state index contributed by atoms with van der Waals surface area (Å²) in [6, 6.07) is 0. The third-order valence-corrected chi connectivity index (χ3v) is 2.12. The molecule has 0 spiro atoms. The molecule has 1 atom stereocenters. The standard InChI is InChI=1S/C8H10O9.2Na/c9-3(10)1-8(7(16)17,2-4(11)12)5(13)6(14)15;;/h5,13H,1-2H2,(H,9,10)(H,11,12)(H,14,15)(H,16,17);;/q;2*+1. The molecule has 0 radical (unpaired) electrons. The molecule has 19 heavy (non-hydrogen) atoms. The summed E-state index contributed by atoms with van der Waals surface area (Å²) in [4.78, 5) is 42.3. The summed E-state index contributed by atoms with van der Waals surface area (Å²) in [5.41, 5.74) is -2.80. The topological polar surface area (TPSA) is 169 Å². The number of carbonyl (C=O) groups is 4. The van der Waals surface area contributed by atoms with Gasteiger partial charge in [-0.1, -0.05) is 0 Å². The fourth-order valence-corrected chi connectivity index (χ4v) is 1.30. The van der Waals surface area contributed by atoms with E-state index in [0.717, 1.165) is 0 Å². The van der Waals surface area contributed by atoms with Crippen LogP contribution in [-0.2, 0) is 19.2 Å². The summed E-state index contributed by atoms with van der Waals surface area (Å²) in [5.74, 6) is -7.46. The van der Waals surface area contributed by atoms with Crippen molar-refractivity contribution < 1.29 is 104 Å². The molecule has 0 aliphatic heterocycles. The molecule has 0 aromatic heterocycles. The van der Waals surface area contributed by atoms with E-state index in [9.17, 15) is 24.3 Å². The first-order chi connectivity index (χ1) is 7.63. The van der Waals surface area contributed by atoms with Crippen molar-refractivity contribution in [3.8, 4) is 0 Å². The first-order valence-electron chi connectivity index (χ1n) is 4.21. The summed E-state index contributed by atoms with van der Waals surface area (Å²) in [5, 5.41) is 43.4. The van der Waals surface area contributed by atoms with Gasteiger partial charge in [0.15, 0.2) is 6.10 Å². The number of aliphatic hydroxyl groups is 1. The van der Waals surface area contributed by atoms with Crippen LogP contribution in [0.4, 0.5) is 0 Å². The van der Waals surface area contributed by atoms with Crippen LogP contribution in [0, 0.1) is 5.41 Å². The number of hydrogen-bond donors (Lipinski definition) is 5. The summed E-state index contributed by atoms with van der Waals surface area (Å²) < 4.78 is 0. The van der Waals surface area contributed by atoms with E-state index < -0.39 is 48.2 Å². The van der Waals surface area contributed by atoms with Gasteiger partial charge in [0.05, 0.1) is 12.8 Å². The van der Waals surface area contributed by atoms with Gasteiger partial charge < -0.3 is 25.5 Å². The molecule has 0 aromatic rings. The normalized spacial score (nSPS) is 11.4. The molecule has 5 N–H and O–H groups in total. The second-order valence-electron chi connectivity index (χ2n) is 3.34. The van der Waals surface area contributed by atoms with Crippen LogP contribution in [0.25, 0.3) is 0 Å². The van der Waals surface area contributed by atoms with Gasteiger partial charge in [-0.25, -0.2) is 4.79 Å². The van der Waals surface area contributed by atoms with Crippen LogP contribution in [0.1, 0.15) is 12.8 Å². The Morgan fingerprint density at radius 3 is 1.32 bits per heavy atom. The van der Waals surface area contributed by atoms with E-state index in [4.69, 9.17) is 20.4 Å². The molecular formula is C8H10Na2O9+2. The minimum Gasteiger partial charge on any atom is -0.481 e. The van der Waals surface area contributed by atoms with E-state index in [1.54, 1.807) is 0 Å².